The van der Waals surface area contributed by atoms with E-state index in [0.29, 0.717) is 19.3 Å². The number of hydrogen-bond acceptors (Lipinski definition) is 6. The lowest BCUT2D eigenvalue weighted by molar-refractivity contribution is -0.167. The van der Waals surface area contributed by atoms with Crippen LogP contribution in [0.25, 0.3) is 0 Å². The molecule has 0 saturated carbocycles. The minimum absolute atomic E-state index is 0.0848. The van der Waals surface area contributed by atoms with Crippen LogP contribution in [0, 0.1) is 0 Å². The lowest BCUT2D eigenvalue weighted by Crippen LogP contribution is -2.30. The molecular formula is C57H100O6. The van der Waals surface area contributed by atoms with E-state index in [0.717, 1.165) is 103 Å². The average Bonchev–Trinajstić information content (AvgIpc) is 3.28. The summed E-state index contributed by atoms with van der Waals surface area (Å²) < 4.78 is 16.8. The Kier molecular flexibility index (Phi) is 49.4. The fraction of sp³-hybridized carbons (Fsp3) is 0.772. The van der Waals surface area contributed by atoms with Crippen LogP contribution in [0.15, 0.2) is 60.8 Å². The number of allylic oxidation sites excluding steroid dienone is 10. The van der Waals surface area contributed by atoms with Gasteiger partial charge in [-0.25, -0.2) is 0 Å². The molecule has 6 nitrogen and oxygen atoms in total. The molecule has 0 rings (SSSR count). The van der Waals surface area contributed by atoms with Crippen LogP contribution >= 0.6 is 0 Å². The summed E-state index contributed by atoms with van der Waals surface area (Å²) in [6, 6.07) is 0. The van der Waals surface area contributed by atoms with Crippen molar-refractivity contribution in [3.05, 3.63) is 60.8 Å². The largest absolute Gasteiger partial charge is 0.462 e. The van der Waals surface area contributed by atoms with Crippen molar-refractivity contribution in [2.24, 2.45) is 0 Å². The van der Waals surface area contributed by atoms with Gasteiger partial charge in [-0.3, -0.25) is 14.4 Å². The molecular weight excluding hydrogens is 781 g/mol. The number of carbonyl (C=O) groups excluding carboxylic acids is 3. The summed E-state index contributed by atoms with van der Waals surface area (Å²) in [5.41, 5.74) is 0. The van der Waals surface area contributed by atoms with Gasteiger partial charge in [-0.1, -0.05) is 229 Å². The van der Waals surface area contributed by atoms with E-state index in [-0.39, 0.29) is 31.1 Å². The fourth-order valence-electron chi connectivity index (χ4n) is 7.47. The molecule has 0 aromatic heterocycles. The van der Waals surface area contributed by atoms with Crippen LogP contribution < -0.4 is 0 Å². The van der Waals surface area contributed by atoms with Crippen LogP contribution in [-0.4, -0.2) is 37.2 Å². The van der Waals surface area contributed by atoms with Gasteiger partial charge < -0.3 is 14.2 Å². The number of ether oxygens (including phenoxy) is 3. The zero-order valence-corrected chi connectivity index (χ0v) is 41.6. The summed E-state index contributed by atoms with van der Waals surface area (Å²) >= 11 is 0. The molecule has 0 aliphatic rings. The van der Waals surface area contributed by atoms with Crippen LogP contribution in [0.3, 0.4) is 0 Å². The van der Waals surface area contributed by atoms with E-state index in [4.69, 9.17) is 14.2 Å². The summed E-state index contributed by atoms with van der Waals surface area (Å²) in [7, 11) is 0. The van der Waals surface area contributed by atoms with Crippen molar-refractivity contribution in [3.63, 3.8) is 0 Å². The molecule has 0 heterocycles. The van der Waals surface area contributed by atoms with Gasteiger partial charge in [0, 0.05) is 19.3 Å². The highest BCUT2D eigenvalue weighted by atomic mass is 16.6. The molecule has 1 atom stereocenters. The molecule has 0 aromatic rings. The zero-order chi connectivity index (χ0) is 45.8. The van der Waals surface area contributed by atoms with Crippen molar-refractivity contribution in [2.75, 3.05) is 13.2 Å². The van der Waals surface area contributed by atoms with Crippen molar-refractivity contribution >= 4 is 17.9 Å². The summed E-state index contributed by atoms with van der Waals surface area (Å²) in [5, 5.41) is 0. The van der Waals surface area contributed by atoms with Crippen molar-refractivity contribution in [2.45, 2.75) is 271 Å². The lowest BCUT2D eigenvalue weighted by atomic mass is 10.0. The fourth-order valence-corrected chi connectivity index (χ4v) is 7.47. The number of hydrogen-bond donors (Lipinski definition) is 0. The van der Waals surface area contributed by atoms with Crippen LogP contribution in [0.2, 0.25) is 0 Å². The third-order valence-electron chi connectivity index (χ3n) is 11.5. The van der Waals surface area contributed by atoms with Crippen LogP contribution in [0.1, 0.15) is 265 Å². The SMILES string of the molecule is CC/C=C\C/C=C\C/C=C\C/C=C\CCCCCCC(=O)O[C@H](COC(=O)CCCCCCC/C=C\CCCC)COC(=O)CCCCCCCCCCCCCCCCCCC. The van der Waals surface area contributed by atoms with Gasteiger partial charge in [0.25, 0.3) is 0 Å². The van der Waals surface area contributed by atoms with Crippen molar-refractivity contribution in [1.82, 2.24) is 0 Å². The van der Waals surface area contributed by atoms with Crippen molar-refractivity contribution < 1.29 is 28.6 Å². The van der Waals surface area contributed by atoms with Crippen molar-refractivity contribution in [3.8, 4) is 0 Å². The number of unbranched alkanes of at least 4 members (excludes halogenated alkanes) is 27. The van der Waals surface area contributed by atoms with Crippen LogP contribution in [0.4, 0.5) is 0 Å². The van der Waals surface area contributed by atoms with Gasteiger partial charge in [0.15, 0.2) is 6.10 Å². The van der Waals surface area contributed by atoms with Gasteiger partial charge in [-0.2, -0.15) is 0 Å². The van der Waals surface area contributed by atoms with Gasteiger partial charge in [0.2, 0.25) is 0 Å². The molecule has 0 aliphatic heterocycles. The standard InChI is InChI=1S/C57H100O6/c1-4-7-10-13-16-19-22-24-26-28-30-32-35-38-41-44-47-50-56(59)62-53-54(52-61-55(58)49-46-43-40-37-34-21-18-15-12-9-6-3)63-57(60)51-48-45-42-39-36-33-31-29-27-25-23-20-17-14-11-8-5-2/h8,11,15,17-18,20,25,27,31,33,54H,4-7,9-10,12-14,16,19,21-24,26,28-30,32,34-53H2,1-3H3/b11-8-,18-15-,20-17-,27-25-,33-31-/t54-/m1/s1. The molecule has 0 amide bonds. The second kappa shape index (κ2) is 51.7. The Morgan fingerprint density at radius 1 is 0.333 bits per heavy atom. The number of rotatable bonds is 48. The minimum atomic E-state index is -0.788. The first-order valence-electron chi connectivity index (χ1n) is 26.8. The molecule has 0 aliphatic carbocycles. The molecule has 0 radical (unpaired) electrons. The highest BCUT2D eigenvalue weighted by Crippen LogP contribution is 2.16. The lowest BCUT2D eigenvalue weighted by Gasteiger charge is -2.18. The first-order chi connectivity index (χ1) is 31.0. The van der Waals surface area contributed by atoms with Crippen molar-refractivity contribution in [1.29, 1.82) is 0 Å². The molecule has 63 heavy (non-hydrogen) atoms. The molecule has 0 fully saturated rings. The molecule has 6 heteroatoms. The zero-order valence-electron chi connectivity index (χ0n) is 41.6. The highest BCUT2D eigenvalue weighted by molar-refractivity contribution is 5.71. The average molecular weight is 881 g/mol. The maximum atomic E-state index is 12.8. The molecule has 0 spiro atoms. The predicted molar refractivity (Wildman–Crippen MR) is 270 cm³/mol. The molecule has 0 aromatic carbocycles. The minimum Gasteiger partial charge on any atom is -0.462 e. The van der Waals surface area contributed by atoms with Gasteiger partial charge >= 0.3 is 17.9 Å². The third-order valence-corrected chi connectivity index (χ3v) is 11.5. The molecule has 364 valence electrons. The normalized spacial score (nSPS) is 12.5. The highest BCUT2D eigenvalue weighted by Gasteiger charge is 2.19. The summed E-state index contributed by atoms with van der Waals surface area (Å²) in [6.45, 7) is 6.48. The molecule has 0 saturated heterocycles. The Bertz CT molecular complexity index is 1150. The van der Waals surface area contributed by atoms with Crippen LogP contribution in [-0.2, 0) is 28.6 Å². The van der Waals surface area contributed by atoms with Gasteiger partial charge in [0.05, 0.1) is 0 Å². The first kappa shape index (κ1) is 60.1. The summed E-state index contributed by atoms with van der Waals surface area (Å²) in [5.74, 6) is -0.912. The van der Waals surface area contributed by atoms with Gasteiger partial charge in [-0.05, 0) is 77.0 Å². The Balaban J connectivity index is 4.38. The topological polar surface area (TPSA) is 78.9 Å². The Hall–Kier alpha value is -2.89. The first-order valence-corrected chi connectivity index (χ1v) is 26.8. The predicted octanol–water partition coefficient (Wildman–Crippen LogP) is 17.6. The Morgan fingerprint density at radius 2 is 0.635 bits per heavy atom. The number of carbonyl (C=O) groups is 3. The van der Waals surface area contributed by atoms with E-state index in [1.165, 1.54) is 122 Å². The second-order valence-corrected chi connectivity index (χ2v) is 17.8. The smallest absolute Gasteiger partial charge is 0.306 e. The summed E-state index contributed by atoms with van der Waals surface area (Å²) in [6.07, 6.45) is 63.5. The third kappa shape index (κ3) is 50.0. The van der Waals surface area contributed by atoms with E-state index in [9.17, 15) is 14.4 Å². The maximum Gasteiger partial charge on any atom is 0.306 e. The van der Waals surface area contributed by atoms with Gasteiger partial charge in [-0.15, -0.1) is 0 Å². The monoisotopic (exact) mass is 881 g/mol. The van der Waals surface area contributed by atoms with E-state index >= 15 is 0 Å². The molecule has 0 bridgehead atoms. The van der Waals surface area contributed by atoms with E-state index in [1.807, 2.05) is 0 Å². The van der Waals surface area contributed by atoms with E-state index in [2.05, 4.69) is 81.5 Å². The Morgan fingerprint density at radius 3 is 1.03 bits per heavy atom. The molecule has 0 N–H and O–H groups in total. The quantitative estimate of drug-likeness (QED) is 0.0262. The number of esters is 3. The van der Waals surface area contributed by atoms with Gasteiger partial charge in [0.1, 0.15) is 13.2 Å². The second-order valence-electron chi connectivity index (χ2n) is 17.8. The van der Waals surface area contributed by atoms with E-state index < -0.39 is 6.10 Å². The maximum absolute atomic E-state index is 12.8. The van der Waals surface area contributed by atoms with E-state index in [1.54, 1.807) is 0 Å². The van der Waals surface area contributed by atoms with Crippen LogP contribution in [0.5, 0.6) is 0 Å². The summed E-state index contributed by atoms with van der Waals surface area (Å²) in [4.78, 5) is 38.0. The molecule has 0 unspecified atom stereocenters. The Labute approximate surface area is 390 Å².